The van der Waals surface area contributed by atoms with Gasteiger partial charge < -0.3 is 14.2 Å². The van der Waals surface area contributed by atoms with E-state index < -0.39 is 0 Å². The number of carbonyl (C=O) groups excluding carboxylic acids is 2. The van der Waals surface area contributed by atoms with Gasteiger partial charge in [-0.1, -0.05) is 13.0 Å². The van der Waals surface area contributed by atoms with Crippen LogP contribution in [0, 0.1) is 6.92 Å². The summed E-state index contributed by atoms with van der Waals surface area (Å²) in [6.07, 6.45) is 2.63. The number of amides is 2. The predicted molar refractivity (Wildman–Crippen MR) is 95.1 cm³/mol. The maximum Gasteiger partial charge on any atom is 0.227 e. The third kappa shape index (κ3) is 4.18. The maximum atomic E-state index is 12.6. The van der Waals surface area contributed by atoms with Crippen molar-refractivity contribution in [2.45, 2.75) is 39.5 Å². The molecule has 0 atom stereocenters. The Morgan fingerprint density at radius 2 is 1.84 bits per heavy atom. The Morgan fingerprint density at radius 1 is 1.12 bits per heavy atom. The normalized spacial score (nSPS) is 15.4. The molecule has 1 aromatic carbocycles. The molecule has 134 valence electrons. The lowest BCUT2D eigenvalue weighted by Crippen LogP contribution is -2.37. The van der Waals surface area contributed by atoms with Gasteiger partial charge in [-0.3, -0.25) is 9.59 Å². The first kappa shape index (κ1) is 17.5. The first-order valence-corrected chi connectivity index (χ1v) is 8.98. The van der Waals surface area contributed by atoms with Crippen LogP contribution in [0.3, 0.4) is 0 Å². The summed E-state index contributed by atoms with van der Waals surface area (Å²) in [4.78, 5) is 32.7. The monoisotopic (exact) mass is 343 g/mol. The van der Waals surface area contributed by atoms with Crippen molar-refractivity contribution in [1.29, 1.82) is 0 Å². The SMILES string of the molecule is CCCC(=O)N1CCCN(C(=O)Cc2ccc3nc(C)oc3c2)CC1. The Kier molecular flexibility index (Phi) is 5.36. The minimum absolute atomic E-state index is 0.0976. The summed E-state index contributed by atoms with van der Waals surface area (Å²) in [5, 5.41) is 0. The number of oxazole rings is 1. The average Bonchev–Trinajstić information content (AvgIpc) is 2.79. The van der Waals surface area contributed by atoms with Crippen molar-refractivity contribution in [3.05, 3.63) is 29.7 Å². The van der Waals surface area contributed by atoms with E-state index in [1.165, 1.54) is 0 Å². The van der Waals surface area contributed by atoms with Crippen molar-refractivity contribution >= 4 is 22.9 Å². The second kappa shape index (κ2) is 7.68. The summed E-state index contributed by atoms with van der Waals surface area (Å²) in [6, 6.07) is 5.71. The lowest BCUT2D eigenvalue weighted by Gasteiger charge is -2.22. The van der Waals surface area contributed by atoms with Crippen LogP contribution in [0.15, 0.2) is 22.6 Å². The summed E-state index contributed by atoms with van der Waals surface area (Å²) in [7, 11) is 0. The fourth-order valence-electron chi connectivity index (χ4n) is 3.27. The van der Waals surface area contributed by atoms with Gasteiger partial charge in [0.15, 0.2) is 11.5 Å². The van der Waals surface area contributed by atoms with E-state index in [2.05, 4.69) is 4.98 Å². The number of carbonyl (C=O) groups is 2. The van der Waals surface area contributed by atoms with E-state index in [0.29, 0.717) is 38.4 Å². The first-order valence-electron chi connectivity index (χ1n) is 8.98. The van der Waals surface area contributed by atoms with Crippen LogP contribution in [0.1, 0.15) is 37.6 Å². The molecule has 0 spiro atoms. The number of aryl methyl sites for hydroxylation is 1. The molecule has 1 saturated heterocycles. The lowest BCUT2D eigenvalue weighted by atomic mass is 10.1. The van der Waals surface area contributed by atoms with Gasteiger partial charge in [0, 0.05) is 39.5 Å². The molecule has 1 aliphatic rings. The minimum atomic E-state index is 0.0976. The van der Waals surface area contributed by atoms with Gasteiger partial charge in [0.1, 0.15) is 5.52 Å². The summed E-state index contributed by atoms with van der Waals surface area (Å²) in [5.74, 6) is 0.922. The maximum absolute atomic E-state index is 12.6. The van der Waals surface area contributed by atoms with Crippen LogP contribution in [0.2, 0.25) is 0 Å². The molecule has 2 aromatic rings. The standard InChI is InChI=1S/C19H25N3O3/c1-3-5-18(23)21-8-4-9-22(11-10-21)19(24)13-15-6-7-16-17(12-15)25-14(2)20-16/h6-7,12H,3-5,8-11,13H2,1-2H3. The van der Waals surface area contributed by atoms with Gasteiger partial charge >= 0.3 is 0 Å². The van der Waals surface area contributed by atoms with Gasteiger partial charge in [-0.2, -0.15) is 0 Å². The van der Waals surface area contributed by atoms with Crippen LogP contribution in [0.25, 0.3) is 11.1 Å². The molecule has 0 radical (unpaired) electrons. The number of nitrogens with zero attached hydrogens (tertiary/aromatic N) is 3. The van der Waals surface area contributed by atoms with Gasteiger partial charge in [-0.25, -0.2) is 4.98 Å². The van der Waals surface area contributed by atoms with Crippen LogP contribution in [-0.2, 0) is 16.0 Å². The fourth-order valence-corrected chi connectivity index (χ4v) is 3.27. The van der Waals surface area contributed by atoms with E-state index in [1.54, 1.807) is 0 Å². The smallest absolute Gasteiger partial charge is 0.227 e. The molecule has 1 aliphatic heterocycles. The molecular weight excluding hydrogens is 318 g/mol. The van der Waals surface area contributed by atoms with Gasteiger partial charge in [0.25, 0.3) is 0 Å². The molecule has 2 amide bonds. The van der Waals surface area contributed by atoms with Crippen LogP contribution in [-0.4, -0.2) is 52.8 Å². The van der Waals surface area contributed by atoms with E-state index in [1.807, 2.05) is 41.8 Å². The van der Waals surface area contributed by atoms with Crippen molar-refractivity contribution in [2.24, 2.45) is 0 Å². The van der Waals surface area contributed by atoms with Crippen molar-refractivity contribution in [3.8, 4) is 0 Å². The number of benzene rings is 1. The van der Waals surface area contributed by atoms with E-state index in [0.717, 1.165) is 36.0 Å². The second-order valence-electron chi connectivity index (χ2n) is 6.58. The van der Waals surface area contributed by atoms with Crippen molar-refractivity contribution < 1.29 is 14.0 Å². The quantitative estimate of drug-likeness (QED) is 0.856. The van der Waals surface area contributed by atoms with Crippen molar-refractivity contribution in [1.82, 2.24) is 14.8 Å². The van der Waals surface area contributed by atoms with E-state index in [-0.39, 0.29) is 11.8 Å². The molecule has 0 N–H and O–H groups in total. The highest BCUT2D eigenvalue weighted by molar-refractivity contribution is 5.81. The van der Waals surface area contributed by atoms with Crippen LogP contribution in [0.4, 0.5) is 0 Å². The Bertz CT molecular complexity index is 768. The molecule has 25 heavy (non-hydrogen) atoms. The third-order valence-electron chi connectivity index (χ3n) is 4.58. The molecule has 1 fully saturated rings. The van der Waals surface area contributed by atoms with Gasteiger partial charge in [-0.05, 0) is 30.5 Å². The van der Waals surface area contributed by atoms with Gasteiger partial charge in [0.05, 0.1) is 6.42 Å². The van der Waals surface area contributed by atoms with Gasteiger partial charge in [-0.15, -0.1) is 0 Å². The zero-order chi connectivity index (χ0) is 17.8. The Balaban J connectivity index is 1.61. The largest absolute Gasteiger partial charge is 0.441 e. The molecule has 3 rings (SSSR count). The highest BCUT2D eigenvalue weighted by atomic mass is 16.3. The van der Waals surface area contributed by atoms with Crippen molar-refractivity contribution in [2.75, 3.05) is 26.2 Å². The number of aromatic nitrogens is 1. The summed E-state index contributed by atoms with van der Waals surface area (Å²) < 4.78 is 5.54. The summed E-state index contributed by atoms with van der Waals surface area (Å²) >= 11 is 0. The molecule has 0 bridgehead atoms. The highest BCUT2D eigenvalue weighted by Gasteiger charge is 2.21. The Morgan fingerprint density at radius 3 is 2.56 bits per heavy atom. The number of fused-ring (bicyclic) bond motifs is 1. The number of hydrogen-bond acceptors (Lipinski definition) is 4. The van der Waals surface area contributed by atoms with Crippen LogP contribution >= 0.6 is 0 Å². The second-order valence-corrected chi connectivity index (χ2v) is 6.58. The molecule has 0 saturated carbocycles. The van der Waals surface area contributed by atoms with Crippen LogP contribution in [0.5, 0.6) is 0 Å². The zero-order valence-electron chi connectivity index (χ0n) is 15.0. The van der Waals surface area contributed by atoms with E-state index in [4.69, 9.17) is 4.42 Å². The average molecular weight is 343 g/mol. The summed E-state index contributed by atoms with van der Waals surface area (Å²) in [6.45, 7) is 6.51. The highest BCUT2D eigenvalue weighted by Crippen LogP contribution is 2.18. The lowest BCUT2D eigenvalue weighted by molar-refractivity contribution is -0.133. The van der Waals surface area contributed by atoms with E-state index >= 15 is 0 Å². The third-order valence-corrected chi connectivity index (χ3v) is 4.58. The molecule has 1 aromatic heterocycles. The zero-order valence-corrected chi connectivity index (χ0v) is 15.0. The first-order chi connectivity index (χ1) is 12.1. The van der Waals surface area contributed by atoms with Gasteiger partial charge in [0.2, 0.25) is 11.8 Å². The molecule has 2 heterocycles. The molecule has 0 unspecified atom stereocenters. The Labute approximate surface area is 147 Å². The van der Waals surface area contributed by atoms with E-state index in [9.17, 15) is 9.59 Å². The molecule has 6 heteroatoms. The summed E-state index contributed by atoms with van der Waals surface area (Å²) in [5.41, 5.74) is 2.46. The topological polar surface area (TPSA) is 66.7 Å². The molecular formula is C19H25N3O3. The molecule has 6 nitrogen and oxygen atoms in total. The Hall–Kier alpha value is -2.37. The fraction of sp³-hybridized carbons (Fsp3) is 0.526. The minimum Gasteiger partial charge on any atom is -0.441 e. The number of hydrogen-bond donors (Lipinski definition) is 0. The van der Waals surface area contributed by atoms with Crippen molar-refractivity contribution in [3.63, 3.8) is 0 Å². The number of rotatable bonds is 4. The molecule has 0 aliphatic carbocycles. The predicted octanol–water partition coefficient (Wildman–Crippen LogP) is 2.54. The van der Waals surface area contributed by atoms with Crippen LogP contribution < -0.4 is 0 Å².